The number of rotatable bonds is 4. The zero-order valence-corrected chi connectivity index (χ0v) is 15.8. The SMILES string of the molecule is O=C(Nc1c(Cl)cccc1Cl)C1CCN(C(=O)Cc2cccs2)CC1. The van der Waals surface area contributed by atoms with Crippen LogP contribution in [0.3, 0.4) is 0 Å². The van der Waals surface area contributed by atoms with Gasteiger partial charge in [-0.25, -0.2) is 0 Å². The predicted octanol–water partition coefficient (Wildman–Crippen LogP) is 4.47. The summed E-state index contributed by atoms with van der Waals surface area (Å²) in [4.78, 5) is 27.7. The molecule has 7 heteroatoms. The van der Waals surface area contributed by atoms with Crippen LogP contribution in [0.1, 0.15) is 17.7 Å². The summed E-state index contributed by atoms with van der Waals surface area (Å²) in [6, 6.07) is 9.03. The van der Waals surface area contributed by atoms with Gasteiger partial charge >= 0.3 is 0 Å². The highest BCUT2D eigenvalue weighted by Crippen LogP contribution is 2.31. The average molecular weight is 397 g/mol. The molecule has 0 atom stereocenters. The van der Waals surface area contributed by atoms with Gasteiger partial charge in [-0.15, -0.1) is 11.3 Å². The topological polar surface area (TPSA) is 49.4 Å². The standard InChI is InChI=1S/C18H18Cl2N2O2S/c19-14-4-1-5-15(20)17(14)21-18(24)12-6-8-22(9-7-12)16(23)11-13-3-2-10-25-13/h1-5,10,12H,6-9,11H2,(H,21,24). The number of likely N-dealkylation sites (tertiary alicyclic amines) is 1. The molecular weight excluding hydrogens is 379 g/mol. The third-order valence-electron chi connectivity index (χ3n) is 4.33. The minimum Gasteiger partial charge on any atom is -0.342 e. The lowest BCUT2D eigenvalue weighted by Gasteiger charge is -2.31. The van der Waals surface area contributed by atoms with Crippen molar-refractivity contribution in [3.63, 3.8) is 0 Å². The van der Waals surface area contributed by atoms with Crippen LogP contribution in [0.25, 0.3) is 0 Å². The maximum Gasteiger partial charge on any atom is 0.227 e. The summed E-state index contributed by atoms with van der Waals surface area (Å²) in [7, 11) is 0. The number of amides is 2. The Balaban J connectivity index is 1.53. The molecule has 1 N–H and O–H groups in total. The number of carbonyl (C=O) groups excluding carboxylic acids is 2. The van der Waals surface area contributed by atoms with Crippen LogP contribution in [0, 0.1) is 5.92 Å². The quantitative estimate of drug-likeness (QED) is 0.828. The van der Waals surface area contributed by atoms with E-state index in [2.05, 4.69) is 5.32 Å². The fourth-order valence-electron chi connectivity index (χ4n) is 2.91. The number of para-hydroxylation sites is 1. The van der Waals surface area contributed by atoms with E-state index in [9.17, 15) is 9.59 Å². The Hall–Kier alpha value is -1.56. The number of nitrogens with zero attached hydrogens (tertiary/aromatic N) is 1. The van der Waals surface area contributed by atoms with E-state index in [0.29, 0.717) is 48.1 Å². The normalized spacial score (nSPS) is 15.2. The van der Waals surface area contributed by atoms with Crippen LogP contribution < -0.4 is 5.32 Å². The molecule has 1 saturated heterocycles. The molecule has 2 heterocycles. The number of anilines is 1. The number of benzene rings is 1. The van der Waals surface area contributed by atoms with E-state index in [1.165, 1.54) is 0 Å². The highest BCUT2D eigenvalue weighted by atomic mass is 35.5. The molecule has 0 radical (unpaired) electrons. The number of carbonyl (C=O) groups is 2. The van der Waals surface area contributed by atoms with E-state index in [4.69, 9.17) is 23.2 Å². The molecule has 2 amide bonds. The lowest BCUT2D eigenvalue weighted by molar-refractivity contribution is -0.133. The first-order valence-electron chi connectivity index (χ1n) is 8.09. The first kappa shape index (κ1) is 18.2. The van der Waals surface area contributed by atoms with Gasteiger partial charge in [0.2, 0.25) is 11.8 Å². The van der Waals surface area contributed by atoms with E-state index in [-0.39, 0.29) is 17.7 Å². The van der Waals surface area contributed by atoms with Crippen LogP contribution in [0.4, 0.5) is 5.69 Å². The second-order valence-electron chi connectivity index (χ2n) is 6.00. The Kier molecular flexibility index (Phi) is 5.99. The van der Waals surface area contributed by atoms with Gasteiger partial charge in [0.05, 0.1) is 22.2 Å². The first-order valence-corrected chi connectivity index (χ1v) is 9.73. The summed E-state index contributed by atoms with van der Waals surface area (Å²) >= 11 is 13.8. The molecule has 1 aromatic heterocycles. The predicted molar refractivity (Wildman–Crippen MR) is 102 cm³/mol. The van der Waals surface area contributed by atoms with Crippen molar-refractivity contribution in [1.29, 1.82) is 0 Å². The van der Waals surface area contributed by atoms with Crippen molar-refractivity contribution in [2.75, 3.05) is 18.4 Å². The van der Waals surface area contributed by atoms with Gasteiger partial charge in [0.25, 0.3) is 0 Å². The van der Waals surface area contributed by atoms with Crippen molar-refractivity contribution in [2.45, 2.75) is 19.3 Å². The molecule has 132 valence electrons. The zero-order valence-electron chi connectivity index (χ0n) is 13.5. The minimum atomic E-state index is -0.141. The van der Waals surface area contributed by atoms with E-state index in [1.54, 1.807) is 29.5 Å². The lowest BCUT2D eigenvalue weighted by Crippen LogP contribution is -2.42. The van der Waals surface area contributed by atoms with Crippen molar-refractivity contribution in [2.24, 2.45) is 5.92 Å². The van der Waals surface area contributed by atoms with Crippen LogP contribution >= 0.6 is 34.5 Å². The Morgan fingerprint density at radius 2 is 1.80 bits per heavy atom. The maximum atomic E-state index is 12.5. The van der Waals surface area contributed by atoms with Crippen molar-refractivity contribution in [3.8, 4) is 0 Å². The molecule has 25 heavy (non-hydrogen) atoms. The molecule has 2 aromatic rings. The Labute approximate surface area is 160 Å². The summed E-state index contributed by atoms with van der Waals surface area (Å²) in [5.74, 6) is -0.117. The fourth-order valence-corrected chi connectivity index (χ4v) is 4.10. The van der Waals surface area contributed by atoms with E-state index in [1.807, 2.05) is 22.4 Å². The van der Waals surface area contributed by atoms with Gasteiger partial charge in [0, 0.05) is 23.9 Å². The maximum absolute atomic E-state index is 12.5. The smallest absolute Gasteiger partial charge is 0.227 e. The second-order valence-corrected chi connectivity index (χ2v) is 7.84. The van der Waals surface area contributed by atoms with Crippen LogP contribution in [0.5, 0.6) is 0 Å². The number of thiophene rings is 1. The zero-order chi connectivity index (χ0) is 17.8. The molecule has 3 rings (SSSR count). The van der Waals surface area contributed by atoms with Gasteiger partial charge in [-0.2, -0.15) is 0 Å². The molecule has 0 spiro atoms. The number of hydrogen-bond acceptors (Lipinski definition) is 3. The Morgan fingerprint density at radius 1 is 1.12 bits per heavy atom. The monoisotopic (exact) mass is 396 g/mol. The molecule has 1 aliphatic rings. The number of hydrogen-bond donors (Lipinski definition) is 1. The van der Waals surface area contributed by atoms with Crippen LogP contribution in [0.2, 0.25) is 10.0 Å². The fraction of sp³-hybridized carbons (Fsp3) is 0.333. The van der Waals surface area contributed by atoms with Crippen molar-refractivity contribution in [1.82, 2.24) is 4.90 Å². The molecule has 0 saturated carbocycles. The first-order chi connectivity index (χ1) is 12.0. The lowest BCUT2D eigenvalue weighted by atomic mass is 9.95. The van der Waals surface area contributed by atoms with Crippen molar-refractivity contribution in [3.05, 3.63) is 50.6 Å². The van der Waals surface area contributed by atoms with Gasteiger partial charge in [-0.05, 0) is 36.4 Å². The highest BCUT2D eigenvalue weighted by Gasteiger charge is 2.28. The molecular formula is C18H18Cl2N2O2S. The highest BCUT2D eigenvalue weighted by molar-refractivity contribution is 7.10. The molecule has 0 bridgehead atoms. The molecule has 1 aliphatic heterocycles. The third kappa shape index (κ3) is 4.54. The van der Waals surface area contributed by atoms with E-state index in [0.717, 1.165) is 4.88 Å². The molecule has 0 aliphatic carbocycles. The van der Waals surface area contributed by atoms with Gasteiger partial charge in [0.15, 0.2) is 0 Å². The van der Waals surface area contributed by atoms with Gasteiger partial charge in [-0.1, -0.05) is 35.3 Å². The summed E-state index contributed by atoms with van der Waals surface area (Å²) in [5, 5.41) is 5.64. The number of nitrogens with one attached hydrogen (secondary N) is 1. The molecule has 1 aromatic carbocycles. The van der Waals surface area contributed by atoms with E-state index < -0.39 is 0 Å². The average Bonchev–Trinajstić information content (AvgIpc) is 3.11. The van der Waals surface area contributed by atoms with E-state index >= 15 is 0 Å². The third-order valence-corrected chi connectivity index (χ3v) is 5.84. The van der Waals surface area contributed by atoms with Gasteiger partial charge in [0.1, 0.15) is 0 Å². The number of halogens is 2. The molecule has 1 fully saturated rings. The van der Waals surface area contributed by atoms with Crippen molar-refractivity contribution < 1.29 is 9.59 Å². The molecule has 0 unspecified atom stereocenters. The largest absolute Gasteiger partial charge is 0.342 e. The minimum absolute atomic E-state index is 0.0969. The van der Waals surface area contributed by atoms with Crippen LogP contribution in [-0.4, -0.2) is 29.8 Å². The van der Waals surface area contributed by atoms with Crippen molar-refractivity contribution >= 4 is 52.0 Å². The van der Waals surface area contributed by atoms with Crippen LogP contribution in [0.15, 0.2) is 35.7 Å². The van der Waals surface area contributed by atoms with Crippen LogP contribution in [-0.2, 0) is 16.0 Å². The second kappa shape index (κ2) is 8.21. The van der Waals surface area contributed by atoms with Gasteiger partial charge < -0.3 is 10.2 Å². The Bertz CT molecular complexity index is 736. The summed E-state index contributed by atoms with van der Waals surface area (Å²) in [6.07, 6.45) is 1.72. The number of piperidine rings is 1. The summed E-state index contributed by atoms with van der Waals surface area (Å²) in [5.41, 5.74) is 0.451. The Morgan fingerprint density at radius 3 is 2.40 bits per heavy atom. The van der Waals surface area contributed by atoms with Gasteiger partial charge in [-0.3, -0.25) is 9.59 Å². The molecule has 4 nitrogen and oxygen atoms in total. The summed E-state index contributed by atoms with van der Waals surface area (Å²) in [6.45, 7) is 1.19. The summed E-state index contributed by atoms with van der Waals surface area (Å²) < 4.78 is 0.